The first-order valence-corrected chi connectivity index (χ1v) is 10.3. The molecule has 0 spiro atoms. The Morgan fingerprint density at radius 1 is 1.10 bits per heavy atom. The van der Waals surface area contributed by atoms with Crippen molar-refractivity contribution in [3.8, 4) is 11.5 Å². The van der Waals surface area contributed by atoms with E-state index in [2.05, 4.69) is 42.4 Å². The van der Waals surface area contributed by atoms with E-state index >= 15 is 0 Å². The Hall–Kier alpha value is -3.21. The molecule has 0 bridgehead atoms. The average Bonchev–Trinajstić information content (AvgIpc) is 3.20. The minimum atomic E-state index is 0.182. The largest absolute Gasteiger partial charge is 0.497 e. The Labute approximate surface area is 177 Å². The number of H-pyrrole nitrogens is 1. The summed E-state index contributed by atoms with van der Waals surface area (Å²) in [6.07, 6.45) is 6.30. The third-order valence-electron chi connectivity index (χ3n) is 5.78. The van der Waals surface area contributed by atoms with E-state index in [1.54, 1.807) is 14.2 Å². The van der Waals surface area contributed by atoms with Crippen molar-refractivity contribution in [1.82, 2.24) is 9.88 Å². The maximum absolute atomic E-state index is 12.8. The maximum atomic E-state index is 12.8. The number of nitrogens with zero attached hydrogens (tertiary/aromatic N) is 1. The molecule has 1 N–H and O–H groups in total. The molecule has 1 aromatic heterocycles. The predicted molar refractivity (Wildman–Crippen MR) is 120 cm³/mol. The number of methoxy groups -OCH3 is 2. The molecular weight excluding hydrogens is 376 g/mol. The highest BCUT2D eigenvalue weighted by molar-refractivity contribution is 5.93. The van der Waals surface area contributed by atoms with E-state index in [1.807, 2.05) is 23.1 Å². The molecule has 0 fully saturated rings. The first-order valence-electron chi connectivity index (χ1n) is 10.3. The molecule has 2 heterocycles. The molecule has 2 aromatic carbocycles. The maximum Gasteiger partial charge on any atom is 0.223 e. The smallest absolute Gasteiger partial charge is 0.223 e. The van der Waals surface area contributed by atoms with E-state index in [1.165, 1.54) is 22.1 Å². The summed E-state index contributed by atoms with van der Waals surface area (Å²) in [5.41, 5.74) is 6.02. The zero-order valence-electron chi connectivity index (χ0n) is 17.8. The van der Waals surface area contributed by atoms with Gasteiger partial charge in [-0.2, -0.15) is 0 Å². The number of fused-ring (bicyclic) bond motifs is 1. The number of amides is 1. The second-order valence-electron chi connectivity index (χ2n) is 7.79. The average molecular weight is 405 g/mol. The number of aromatic nitrogens is 1. The first-order chi connectivity index (χ1) is 14.6. The van der Waals surface area contributed by atoms with Gasteiger partial charge in [0.1, 0.15) is 11.5 Å². The van der Waals surface area contributed by atoms with Crippen molar-refractivity contribution >= 4 is 22.4 Å². The van der Waals surface area contributed by atoms with Crippen LogP contribution in [0.5, 0.6) is 11.5 Å². The van der Waals surface area contributed by atoms with Gasteiger partial charge in [-0.15, -0.1) is 0 Å². The summed E-state index contributed by atoms with van der Waals surface area (Å²) < 4.78 is 10.6. The van der Waals surface area contributed by atoms with Crippen LogP contribution in [0, 0.1) is 6.92 Å². The van der Waals surface area contributed by atoms with E-state index in [4.69, 9.17) is 9.47 Å². The highest BCUT2D eigenvalue weighted by atomic mass is 16.5. The van der Waals surface area contributed by atoms with E-state index in [0.717, 1.165) is 35.5 Å². The van der Waals surface area contributed by atoms with Crippen LogP contribution in [0.1, 0.15) is 29.5 Å². The van der Waals surface area contributed by atoms with Crippen molar-refractivity contribution in [2.75, 3.05) is 27.3 Å². The van der Waals surface area contributed by atoms with E-state index < -0.39 is 0 Å². The fourth-order valence-electron chi connectivity index (χ4n) is 4.07. The molecule has 1 aliphatic rings. The molecule has 5 heteroatoms. The topological polar surface area (TPSA) is 54.6 Å². The molecule has 5 nitrogen and oxygen atoms in total. The van der Waals surface area contributed by atoms with Crippen molar-refractivity contribution < 1.29 is 14.3 Å². The Morgan fingerprint density at radius 2 is 1.87 bits per heavy atom. The Kier molecular flexibility index (Phi) is 5.79. The van der Waals surface area contributed by atoms with Gasteiger partial charge in [0.2, 0.25) is 5.91 Å². The van der Waals surface area contributed by atoms with Gasteiger partial charge in [0.05, 0.1) is 14.2 Å². The van der Waals surface area contributed by atoms with Gasteiger partial charge in [-0.25, -0.2) is 0 Å². The molecule has 0 saturated heterocycles. The number of hydrogen-bond donors (Lipinski definition) is 1. The minimum absolute atomic E-state index is 0.182. The lowest BCUT2D eigenvalue weighted by atomic mass is 9.98. The number of carbonyl (C=O) groups excluding carboxylic acids is 1. The third-order valence-corrected chi connectivity index (χ3v) is 5.78. The molecule has 1 aliphatic heterocycles. The molecule has 4 rings (SSSR count). The summed E-state index contributed by atoms with van der Waals surface area (Å²) in [5.74, 6) is 1.68. The fourth-order valence-corrected chi connectivity index (χ4v) is 4.07. The van der Waals surface area contributed by atoms with Crippen molar-refractivity contribution in [3.63, 3.8) is 0 Å². The molecule has 30 heavy (non-hydrogen) atoms. The summed E-state index contributed by atoms with van der Waals surface area (Å²) in [6.45, 7) is 3.52. The van der Waals surface area contributed by atoms with Crippen LogP contribution in [-0.2, 0) is 11.2 Å². The lowest BCUT2D eigenvalue weighted by molar-refractivity contribution is -0.130. The lowest BCUT2D eigenvalue weighted by Crippen LogP contribution is -2.34. The Bertz CT molecular complexity index is 1070. The summed E-state index contributed by atoms with van der Waals surface area (Å²) in [4.78, 5) is 18.1. The zero-order chi connectivity index (χ0) is 21.1. The molecular formula is C25H28N2O3. The van der Waals surface area contributed by atoms with Crippen LogP contribution in [-0.4, -0.2) is 43.1 Å². The number of aryl methyl sites for hydroxylation is 2. The number of nitrogens with one attached hydrogen (secondary N) is 1. The monoisotopic (exact) mass is 404 g/mol. The van der Waals surface area contributed by atoms with Crippen LogP contribution in [0.15, 0.2) is 48.7 Å². The first kappa shape index (κ1) is 20.1. The molecule has 0 radical (unpaired) electrons. The quantitative estimate of drug-likeness (QED) is 0.645. The van der Waals surface area contributed by atoms with Gasteiger partial charge in [0, 0.05) is 48.2 Å². The van der Waals surface area contributed by atoms with Gasteiger partial charge in [-0.1, -0.05) is 18.2 Å². The van der Waals surface area contributed by atoms with Gasteiger partial charge < -0.3 is 19.4 Å². The zero-order valence-corrected chi connectivity index (χ0v) is 17.8. The summed E-state index contributed by atoms with van der Waals surface area (Å²) in [5, 5.41) is 1.25. The Morgan fingerprint density at radius 3 is 2.53 bits per heavy atom. The number of benzene rings is 2. The molecule has 0 saturated carbocycles. The number of carbonyl (C=O) groups is 1. The normalized spacial score (nSPS) is 14.0. The van der Waals surface area contributed by atoms with Crippen LogP contribution < -0.4 is 9.47 Å². The van der Waals surface area contributed by atoms with Gasteiger partial charge >= 0.3 is 0 Å². The van der Waals surface area contributed by atoms with Gasteiger partial charge in [-0.05, 0) is 54.7 Å². The summed E-state index contributed by atoms with van der Waals surface area (Å²) in [6, 6.07) is 12.3. The fraction of sp³-hybridized carbons (Fsp3) is 0.320. The van der Waals surface area contributed by atoms with Crippen molar-refractivity contribution in [2.45, 2.75) is 26.2 Å². The van der Waals surface area contributed by atoms with Crippen LogP contribution in [0.2, 0.25) is 0 Å². The molecule has 0 atom stereocenters. The number of hydrogen-bond acceptors (Lipinski definition) is 3. The highest BCUT2D eigenvalue weighted by Crippen LogP contribution is 2.30. The lowest BCUT2D eigenvalue weighted by Gasteiger charge is -2.26. The van der Waals surface area contributed by atoms with Gasteiger partial charge in [0.25, 0.3) is 0 Å². The van der Waals surface area contributed by atoms with Crippen molar-refractivity contribution in [2.24, 2.45) is 0 Å². The molecule has 3 aromatic rings. The third kappa shape index (κ3) is 4.20. The summed E-state index contributed by atoms with van der Waals surface area (Å²) >= 11 is 0. The molecule has 156 valence electrons. The SMILES string of the molecule is COc1cc(CCC(=O)N2CC=C(c3c[nH]c4cc(C)ccc34)CC2)cc(OC)c1. The number of ether oxygens (including phenoxy) is 2. The van der Waals surface area contributed by atoms with Crippen molar-refractivity contribution in [1.29, 1.82) is 0 Å². The Balaban J connectivity index is 1.40. The van der Waals surface area contributed by atoms with Crippen LogP contribution >= 0.6 is 0 Å². The summed E-state index contributed by atoms with van der Waals surface area (Å²) in [7, 11) is 3.27. The van der Waals surface area contributed by atoms with Gasteiger partial charge in [-0.3, -0.25) is 4.79 Å². The van der Waals surface area contributed by atoms with E-state index in [0.29, 0.717) is 19.4 Å². The number of rotatable bonds is 6. The van der Waals surface area contributed by atoms with Gasteiger partial charge in [0.15, 0.2) is 0 Å². The van der Waals surface area contributed by atoms with E-state index in [9.17, 15) is 4.79 Å². The molecule has 0 unspecified atom stereocenters. The standard InChI is InChI=1S/C25H28N2O3/c1-17-4-6-22-23(16-26-24(22)12-17)19-8-10-27(11-9-19)25(28)7-5-18-13-20(29-2)15-21(14-18)30-3/h4,6,8,12-16,26H,5,7,9-11H2,1-3H3. The van der Waals surface area contributed by atoms with Crippen LogP contribution in [0.3, 0.4) is 0 Å². The van der Waals surface area contributed by atoms with Crippen LogP contribution in [0.25, 0.3) is 16.5 Å². The minimum Gasteiger partial charge on any atom is -0.497 e. The van der Waals surface area contributed by atoms with E-state index in [-0.39, 0.29) is 5.91 Å². The highest BCUT2D eigenvalue weighted by Gasteiger charge is 2.19. The molecule has 1 amide bonds. The van der Waals surface area contributed by atoms with Crippen LogP contribution in [0.4, 0.5) is 0 Å². The second-order valence-corrected chi connectivity index (χ2v) is 7.79. The second kappa shape index (κ2) is 8.66. The molecule has 0 aliphatic carbocycles. The predicted octanol–water partition coefficient (Wildman–Crippen LogP) is 4.74. The number of aromatic amines is 1. The van der Waals surface area contributed by atoms with Crippen molar-refractivity contribution in [3.05, 3.63) is 65.4 Å².